The third-order valence-electron chi connectivity index (χ3n) is 4.83. The summed E-state index contributed by atoms with van der Waals surface area (Å²) >= 11 is 3.48. The Morgan fingerprint density at radius 2 is 2.11 bits per heavy atom. The number of carbonyl (C=O) groups is 1. The predicted octanol–water partition coefficient (Wildman–Crippen LogP) is 5.36. The lowest BCUT2D eigenvalue weighted by atomic mass is 9.93. The Kier molecular flexibility index (Phi) is 8.79. The molecule has 0 radical (unpaired) electrons. The molecule has 1 amide bonds. The Balaban J connectivity index is 2.12. The van der Waals surface area contributed by atoms with Crippen molar-refractivity contribution in [2.24, 2.45) is 0 Å². The lowest BCUT2D eigenvalue weighted by Crippen LogP contribution is -2.42. The van der Waals surface area contributed by atoms with E-state index < -0.39 is 14.2 Å². The number of hydrogen-bond donors (Lipinski definition) is 1. The zero-order valence-electron chi connectivity index (χ0n) is 17.2. The molecular weight excluding hydrogens is 442 g/mol. The Hall–Kier alpha value is -1.09. The topological polar surface area (TPSA) is 68.2 Å². The minimum atomic E-state index is -1.14. The van der Waals surface area contributed by atoms with E-state index in [0.29, 0.717) is 38.3 Å². The summed E-state index contributed by atoms with van der Waals surface area (Å²) in [6, 6.07) is 6.50. The van der Waals surface area contributed by atoms with Crippen molar-refractivity contribution >= 4 is 30.1 Å². The van der Waals surface area contributed by atoms with E-state index >= 15 is 0 Å². The molecule has 1 aliphatic heterocycles. The summed E-state index contributed by atoms with van der Waals surface area (Å²) in [5, 5.41) is 9.67. The number of nitrogens with zero attached hydrogens (tertiary/aromatic N) is 1. The molecule has 1 fully saturated rings. The van der Waals surface area contributed by atoms with Gasteiger partial charge in [-0.2, -0.15) is 0 Å². The number of piperidine rings is 1. The highest BCUT2D eigenvalue weighted by atomic mass is 79.9. The minimum absolute atomic E-state index is 0.0510. The summed E-state index contributed by atoms with van der Waals surface area (Å²) in [6.07, 6.45) is 0.466. The van der Waals surface area contributed by atoms with Gasteiger partial charge in [-0.05, 0) is 37.9 Å². The highest BCUT2D eigenvalue weighted by Gasteiger charge is 2.34. The fourth-order valence-corrected chi connectivity index (χ4v) is 4.39. The third kappa shape index (κ3) is 7.06. The molecule has 1 saturated heterocycles. The van der Waals surface area contributed by atoms with E-state index in [4.69, 9.17) is 14.2 Å². The predicted molar refractivity (Wildman–Crippen MR) is 116 cm³/mol. The summed E-state index contributed by atoms with van der Waals surface area (Å²) in [5.74, 6) is 0.649. The maximum absolute atomic E-state index is 11.8. The lowest BCUT2D eigenvalue weighted by molar-refractivity contribution is -0.00843. The largest absolute Gasteiger partial charge is 0.467 e. The molecule has 6 nitrogen and oxygen atoms in total. The van der Waals surface area contributed by atoms with Crippen LogP contribution in [0.3, 0.4) is 0 Å². The molecule has 0 aliphatic carbocycles. The van der Waals surface area contributed by atoms with Crippen molar-refractivity contribution in [2.75, 3.05) is 26.6 Å². The first-order valence-electron chi connectivity index (χ1n) is 9.82. The number of hydrogen-bond acceptors (Lipinski definition) is 4. The zero-order chi connectivity index (χ0) is 20.7. The van der Waals surface area contributed by atoms with Crippen molar-refractivity contribution in [3.05, 3.63) is 28.2 Å². The quantitative estimate of drug-likeness (QED) is 0.297. The lowest BCUT2D eigenvalue weighted by Gasteiger charge is -2.38. The average Bonchev–Trinajstić information content (AvgIpc) is 2.60. The zero-order valence-corrected chi connectivity index (χ0v) is 19.8. The standard InChI is InChI=1S/C20H32BrNO5Si/c1-5-26-16-8-9-22(20(23)24)18(13-16)17-7-6-15(21)12-19(17)27-14-25-10-11-28(2,3)4/h6-7,12,16,18H,5,8-11,13-14H2,1-4H3,(H,23,24)/t16?,18-/m0/s1. The number of benzene rings is 1. The Morgan fingerprint density at radius 3 is 2.75 bits per heavy atom. The highest BCUT2D eigenvalue weighted by molar-refractivity contribution is 9.10. The van der Waals surface area contributed by atoms with Gasteiger partial charge < -0.3 is 24.2 Å². The fourth-order valence-electron chi connectivity index (χ4n) is 3.29. The van der Waals surface area contributed by atoms with Crippen LogP contribution < -0.4 is 4.74 Å². The van der Waals surface area contributed by atoms with Crippen LogP contribution in [0.2, 0.25) is 25.7 Å². The van der Waals surface area contributed by atoms with Gasteiger partial charge in [-0.3, -0.25) is 0 Å². The van der Waals surface area contributed by atoms with Crippen molar-refractivity contribution in [3.8, 4) is 5.75 Å². The first kappa shape index (κ1) is 23.2. The number of amides is 1. The van der Waals surface area contributed by atoms with E-state index in [1.807, 2.05) is 25.1 Å². The summed E-state index contributed by atoms with van der Waals surface area (Å²) in [4.78, 5) is 13.3. The second kappa shape index (κ2) is 10.6. The van der Waals surface area contributed by atoms with Crippen LogP contribution >= 0.6 is 15.9 Å². The van der Waals surface area contributed by atoms with E-state index in [-0.39, 0.29) is 18.9 Å². The van der Waals surface area contributed by atoms with Gasteiger partial charge in [-0.1, -0.05) is 41.6 Å². The van der Waals surface area contributed by atoms with E-state index in [1.54, 1.807) is 0 Å². The third-order valence-corrected chi connectivity index (χ3v) is 7.03. The van der Waals surface area contributed by atoms with Crippen LogP contribution in [0.1, 0.15) is 31.4 Å². The maximum atomic E-state index is 11.8. The molecule has 0 spiro atoms. The van der Waals surface area contributed by atoms with Gasteiger partial charge in [0.15, 0.2) is 6.79 Å². The van der Waals surface area contributed by atoms with Crippen LogP contribution in [-0.4, -0.2) is 56.8 Å². The minimum Gasteiger partial charge on any atom is -0.467 e. The van der Waals surface area contributed by atoms with Gasteiger partial charge in [-0.15, -0.1) is 0 Å². The number of halogens is 1. The molecule has 1 aliphatic rings. The number of ether oxygens (including phenoxy) is 3. The van der Waals surface area contributed by atoms with Gasteiger partial charge in [0.1, 0.15) is 5.75 Å². The molecule has 28 heavy (non-hydrogen) atoms. The van der Waals surface area contributed by atoms with E-state index in [9.17, 15) is 9.90 Å². The summed E-state index contributed by atoms with van der Waals surface area (Å²) in [6.45, 7) is 10.8. The van der Waals surface area contributed by atoms with Crippen LogP contribution in [0.5, 0.6) is 5.75 Å². The Bertz CT molecular complexity index is 652. The smallest absolute Gasteiger partial charge is 0.407 e. The van der Waals surface area contributed by atoms with Crippen LogP contribution in [0, 0.1) is 0 Å². The number of rotatable bonds is 9. The number of carboxylic acid groups (broad SMARTS) is 1. The molecule has 0 bridgehead atoms. The molecule has 1 N–H and O–H groups in total. The molecule has 1 aromatic rings. The van der Waals surface area contributed by atoms with Crippen molar-refractivity contribution in [1.29, 1.82) is 0 Å². The first-order chi connectivity index (χ1) is 13.2. The summed E-state index contributed by atoms with van der Waals surface area (Å²) in [5.41, 5.74) is 0.851. The van der Waals surface area contributed by atoms with Gasteiger partial charge in [0.05, 0.1) is 12.1 Å². The van der Waals surface area contributed by atoms with Crippen molar-refractivity contribution in [1.82, 2.24) is 4.90 Å². The molecule has 1 unspecified atom stereocenters. The molecule has 0 aromatic heterocycles. The molecule has 8 heteroatoms. The molecule has 2 atom stereocenters. The van der Waals surface area contributed by atoms with Gasteiger partial charge in [0, 0.05) is 37.9 Å². The molecule has 158 valence electrons. The maximum Gasteiger partial charge on any atom is 0.407 e. The van der Waals surface area contributed by atoms with Crippen LogP contribution in [0.4, 0.5) is 4.79 Å². The average molecular weight is 474 g/mol. The Morgan fingerprint density at radius 1 is 1.36 bits per heavy atom. The second-order valence-corrected chi connectivity index (χ2v) is 14.8. The normalized spacial score (nSPS) is 20.2. The van der Waals surface area contributed by atoms with E-state index in [1.165, 1.54) is 4.90 Å². The second-order valence-electron chi connectivity index (χ2n) is 8.26. The molecular formula is C20H32BrNO5Si. The SMILES string of the molecule is CCOC1CCN(C(=O)O)[C@H](c2ccc(Br)cc2OCOCC[Si](C)(C)C)C1. The molecule has 1 heterocycles. The monoisotopic (exact) mass is 473 g/mol. The van der Waals surface area contributed by atoms with Crippen LogP contribution in [-0.2, 0) is 9.47 Å². The van der Waals surface area contributed by atoms with E-state index in [2.05, 4.69) is 35.6 Å². The van der Waals surface area contributed by atoms with Gasteiger partial charge in [-0.25, -0.2) is 4.79 Å². The first-order valence-corrected chi connectivity index (χ1v) is 14.3. The van der Waals surface area contributed by atoms with E-state index in [0.717, 1.165) is 16.1 Å². The van der Waals surface area contributed by atoms with Gasteiger partial charge in [0.2, 0.25) is 0 Å². The van der Waals surface area contributed by atoms with Crippen molar-refractivity contribution in [2.45, 2.75) is 57.6 Å². The van der Waals surface area contributed by atoms with Gasteiger partial charge in [0.25, 0.3) is 0 Å². The molecule has 1 aromatic carbocycles. The number of likely N-dealkylation sites (tertiary alicyclic amines) is 1. The van der Waals surface area contributed by atoms with Gasteiger partial charge >= 0.3 is 6.09 Å². The van der Waals surface area contributed by atoms with Crippen molar-refractivity contribution in [3.63, 3.8) is 0 Å². The van der Waals surface area contributed by atoms with Crippen molar-refractivity contribution < 1.29 is 24.1 Å². The molecule has 0 saturated carbocycles. The summed E-state index contributed by atoms with van der Waals surface area (Å²) < 4.78 is 18.2. The highest BCUT2D eigenvalue weighted by Crippen LogP contribution is 2.38. The molecule has 2 rings (SSSR count). The Labute approximate surface area is 177 Å². The summed E-state index contributed by atoms with van der Waals surface area (Å²) in [7, 11) is -1.14. The van der Waals surface area contributed by atoms with Crippen LogP contribution in [0.25, 0.3) is 0 Å². The van der Waals surface area contributed by atoms with Crippen LogP contribution in [0.15, 0.2) is 22.7 Å². The fraction of sp³-hybridized carbons (Fsp3) is 0.650.